The summed E-state index contributed by atoms with van der Waals surface area (Å²) in [6.45, 7) is 3.74. The first-order chi connectivity index (χ1) is 10.7. The van der Waals surface area contributed by atoms with Crippen molar-refractivity contribution < 1.29 is 9.47 Å². The van der Waals surface area contributed by atoms with Crippen LogP contribution in [0.15, 0.2) is 36.4 Å². The summed E-state index contributed by atoms with van der Waals surface area (Å²) in [4.78, 5) is 0. The normalized spacial score (nSPS) is 10.5. The Morgan fingerprint density at radius 3 is 2.36 bits per heavy atom. The third-order valence-electron chi connectivity index (χ3n) is 3.70. The fourth-order valence-corrected chi connectivity index (χ4v) is 2.59. The van der Waals surface area contributed by atoms with E-state index in [0.717, 1.165) is 18.5 Å². The van der Waals surface area contributed by atoms with Crippen LogP contribution in [0.2, 0.25) is 5.02 Å². The maximum absolute atomic E-state index is 6.28. The predicted octanol–water partition coefficient (Wildman–Crippen LogP) is 4.00. The van der Waals surface area contributed by atoms with Gasteiger partial charge in [-0.15, -0.1) is 0 Å². The zero-order chi connectivity index (χ0) is 15.9. The molecule has 3 nitrogen and oxygen atoms in total. The van der Waals surface area contributed by atoms with Crippen LogP contribution in [0.4, 0.5) is 0 Å². The minimum Gasteiger partial charge on any atom is -0.493 e. The highest BCUT2D eigenvalue weighted by Crippen LogP contribution is 2.32. The van der Waals surface area contributed by atoms with Crippen molar-refractivity contribution in [2.45, 2.75) is 19.9 Å². The van der Waals surface area contributed by atoms with Gasteiger partial charge in [-0.3, -0.25) is 0 Å². The molecule has 0 saturated heterocycles. The van der Waals surface area contributed by atoms with Crippen LogP contribution in [-0.4, -0.2) is 20.8 Å². The summed E-state index contributed by atoms with van der Waals surface area (Å²) in [7, 11) is 3.23. The van der Waals surface area contributed by atoms with Gasteiger partial charge in [0.1, 0.15) is 0 Å². The van der Waals surface area contributed by atoms with Gasteiger partial charge in [-0.2, -0.15) is 0 Å². The Kier molecular flexibility index (Phi) is 6.10. The van der Waals surface area contributed by atoms with E-state index in [1.165, 1.54) is 11.1 Å². The number of hydrogen-bond acceptors (Lipinski definition) is 3. The topological polar surface area (TPSA) is 30.5 Å². The lowest BCUT2D eigenvalue weighted by Gasteiger charge is -2.12. The number of methoxy groups -OCH3 is 2. The quantitative estimate of drug-likeness (QED) is 0.783. The molecule has 0 atom stereocenters. The van der Waals surface area contributed by atoms with Crippen LogP contribution >= 0.6 is 11.6 Å². The molecule has 0 unspecified atom stereocenters. The Hall–Kier alpha value is -1.71. The molecule has 0 saturated carbocycles. The summed E-state index contributed by atoms with van der Waals surface area (Å²) in [5.41, 5.74) is 3.70. The van der Waals surface area contributed by atoms with Gasteiger partial charge in [0.15, 0.2) is 11.5 Å². The number of hydrogen-bond donors (Lipinski definition) is 1. The third kappa shape index (κ3) is 4.15. The third-order valence-corrected chi connectivity index (χ3v) is 4.05. The number of benzene rings is 2. The highest BCUT2D eigenvalue weighted by atomic mass is 35.5. The van der Waals surface area contributed by atoms with Gasteiger partial charge in [-0.05, 0) is 42.6 Å². The number of aryl methyl sites for hydroxylation is 1. The van der Waals surface area contributed by atoms with Crippen LogP contribution in [0.25, 0.3) is 0 Å². The van der Waals surface area contributed by atoms with Crippen molar-refractivity contribution in [2.24, 2.45) is 0 Å². The Morgan fingerprint density at radius 1 is 1.00 bits per heavy atom. The van der Waals surface area contributed by atoms with E-state index in [1.54, 1.807) is 20.3 Å². The van der Waals surface area contributed by atoms with Gasteiger partial charge >= 0.3 is 0 Å². The Balaban J connectivity index is 1.93. The molecule has 0 radical (unpaired) electrons. The van der Waals surface area contributed by atoms with E-state index in [-0.39, 0.29) is 0 Å². The highest BCUT2D eigenvalue weighted by Gasteiger charge is 2.09. The standard InChI is InChI=1S/C18H22ClNO2/c1-13-6-4-5-7-14(13)8-9-20-12-15-10-17(21-2)18(22-3)11-16(15)19/h4-7,10-11,20H,8-9,12H2,1-3H3. The molecule has 0 aliphatic rings. The van der Waals surface area contributed by atoms with Crippen LogP contribution in [-0.2, 0) is 13.0 Å². The molecular weight excluding hydrogens is 298 g/mol. The van der Waals surface area contributed by atoms with Gasteiger partial charge in [0.05, 0.1) is 14.2 Å². The van der Waals surface area contributed by atoms with E-state index < -0.39 is 0 Å². The monoisotopic (exact) mass is 319 g/mol. The molecule has 0 heterocycles. The second-order valence-corrected chi connectivity index (χ2v) is 5.56. The molecule has 0 fully saturated rings. The van der Waals surface area contributed by atoms with Gasteiger partial charge in [-0.25, -0.2) is 0 Å². The summed E-state index contributed by atoms with van der Waals surface area (Å²) in [5.74, 6) is 1.35. The van der Waals surface area contributed by atoms with Gasteiger partial charge in [0.2, 0.25) is 0 Å². The molecule has 0 spiro atoms. The lowest BCUT2D eigenvalue weighted by atomic mass is 10.1. The van der Waals surface area contributed by atoms with Crippen LogP contribution in [0.5, 0.6) is 11.5 Å². The number of rotatable bonds is 7. The Labute approximate surface area is 137 Å². The van der Waals surface area contributed by atoms with Gasteiger partial charge in [0, 0.05) is 17.6 Å². The van der Waals surface area contributed by atoms with Crippen molar-refractivity contribution >= 4 is 11.6 Å². The van der Waals surface area contributed by atoms with E-state index in [0.29, 0.717) is 23.1 Å². The molecule has 4 heteroatoms. The maximum atomic E-state index is 6.28. The largest absolute Gasteiger partial charge is 0.493 e. The van der Waals surface area contributed by atoms with E-state index >= 15 is 0 Å². The lowest BCUT2D eigenvalue weighted by molar-refractivity contribution is 0.354. The molecule has 118 valence electrons. The maximum Gasteiger partial charge on any atom is 0.162 e. The fraction of sp³-hybridized carbons (Fsp3) is 0.333. The van der Waals surface area contributed by atoms with Gasteiger partial charge in [-0.1, -0.05) is 35.9 Å². The molecule has 0 aliphatic carbocycles. The molecule has 2 aromatic rings. The lowest BCUT2D eigenvalue weighted by Crippen LogP contribution is -2.17. The molecule has 2 rings (SSSR count). The predicted molar refractivity (Wildman–Crippen MR) is 91.1 cm³/mol. The SMILES string of the molecule is COc1cc(Cl)c(CNCCc2ccccc2C)cc1OC. The van der Waals surface area contributed by atoms with Crippen molar-refractivity contribution in [2.75, 3.05) is 20.8 Å². The summed E-state index contributed by atoms with van der Waals surface area (Å²) in [5, 5.41) is 4.11. The number of ether oxygens (including phenoxy) is 2. The van der Waals surface area contributed by atoms with Crippen molar-refractivity contribution in [3.8, 4) is 11.5 Å². The molecule has 22 heavy (non-hydrogen) atoms. The van der Waals surface area contributed by atoms with E-state index in [9.17, 15) is 0 Å². The fourth-order valence-electron chi connectivity index (χ4n) is 2.37. The molecule has 0 aliphatic heterocycles. The van der Waals surface area contributed by atoms with Crippen LogP contribution in [0.1, 0.15) is 16.7 Å². The summed E-state index contributed by atoms with van der Waals surface area (Å²) >= 11 is 6.28. The molecule has 0 amide bonds. The van der Waals surface area contributed by atoms with Crippen molar-refractivity contribution in [1.82, 2.24) is 5.32 Å². The van der Waals surface area contributed by atoms with Gasteiger partial charge in [0.25, 0.3) is 0 Å². The van der Waals surface area contributed by atoms with Crippen molar-refractivity contribution in [3.63, 3.8) is 0 Å². The average molecular weight is 320 g/mol. The minimum atomic E-state index is 0.649. The van der Waals surface area contributed by atoms with Crippen LogP contribution < -0.4 is 14.8 Å². The first kappa shape index (κ1) is 16.7. The highest BCUT2D eigenvalue weighted by molar-refractivity contribution is 6.31. The zero-order valence-corrected chi connectivity index (χ0v) is 14.0. The summed E-state index contributed by atoms with van der Waals surface area (Å²) < 4.78 is 10.6. The van der Waals surface area contributed by atoms with Crippen molar-refractivity contribution in [3.05, 3.63) is 58.1 Å². The summed E-state index contributed by atoms with van der Waals surface area (Å²) in [6.07, 6.45) is 0.998. The summed E-state index contributed by atoms with van der Waals surface area (Å²) in [6, 6.07) is 12.2. The van der Waals surface area contributed by atoms with E-state index in [2.05, 4.69) is 36.5 Å². The second kappa shape index (κ2) is 8.06. The number of halogens is 1. The second-order valence-electron chi connectivity index (χ2n) is 5.15. The first-order valence-electron chi connectivity index (χ1n) is 7.31. The molecule has 0 aromatic heterocycles. The minimum absolute atomic E-state index is 0.649. The van der Waals surface area contributed by atoms with E-state index in [4.69, 9.17) is 21.1 Å². The van der Waals surface area contributed by atoms with Crippen LogP contribution in [0, 0.1) is 6.92 Å². The Bertz CT molecular complexity index is 628. The molecule has 0 bridgehead atoms. The van der Waals surface area contributed by atoms with Gasteiger partial charge < -0.3 is 14.8 Å². The molecular formula is C18H22ClNO2. The smallest absolute Gasteiger partial charge is 0.162 e. The average Bonchev–Trinajstić information content (AvgIpc) is 2.53. The Morgan fingerprint density at radius 2 is 1.68 bits per heavy atom. The van der Waals surface area contributed by atoms with E-state index in [1.807, 2.05) is 6.07 Å². The molecule has 1 N–H and O–H groups in total. The first-order valence-corrected chi connectivity index (χ1v) is 7.69. The van der Waals surface area contributed by atoms with Crippen molar-refractivity contribution in [1.29, 1.82) is 0 Å². The molecule has 2 aromatic carbocycles. The zero-order valence-electron chi connectivity index (χ0n) is 13.3. The number of nitrogens with one attached hydrogen (secondary N) is 1. The van der Waals surface area contributed by atoms with Crippen LogP contribution in [0.3, 0.4) is 0 Å².